The lowest BCUT2D eigenvalue weighted by molar-refractivity contribution is 0.450. The second-order valence-electron chi connectivity index (χ2n) is 4.34. The quantitative estimate of drug-likeness (QED) is 0.736. The molecule has 1 unspecified atom stereocenters. The van der Waals surface area contributed by atoms with E-state index in [0.717, 1.165) is 8.95 Å². The first kappa shape index (κ1) is 15.5. The van der Waals surface area contributed by atoms with Crippen LogP contribution >= 0.6 is 31.9 Å². The Kier molecular flexibility index (Phi) is 5.18. The van der Waals surface area contributed by atoms with Crippen molar-refractivity contribution < 1.29 is 9.13 Å². The van der Waals surface area contributed by atoms with Crippen LogP contribution in [0.25, 0.3) is 0 Å². The van der Waals surface area contributed by atoms with Crippen LogP contribution in [-0.4, -0.2) is 7.05 Å². The molecule has 0 radical (unpaired) electrons. The molecular weight excluding hydrogens is 389 g/mol. The van der Waals surface area contributed by atoms with Crippen molar-refractivity contribution in [3.05, 3.63) is 56.7 Å². The molecule has 0 bridgehead atoms. The third-order valence-corrected chi connectivity index (χ3v) is 4.11. The van der Waals surface area contributed by atoms with Crippen LogP contribution in [0, 0.1) is 5.82 Å². The number of hydrogen-bond donors (Lipinski definition) is 1. The summed E-state index contributed by atoms with van der Waals surface area (Å²) in [7, 11) is 1.79. The van der Waals surface area contributed by atoms with Gasteiger partial charge >= 0.3 is 0 Å². The van der Waals surface area contributed by atoms with Gasteiger partial charge in [-0.15, -0.1) is 0 Å². The summed E-state index contributed by atoms with van der Waals surface area (Å²) in [6.07, 6.45) is 0. The monoisotopic (exact) mass is 401 g/mol. The lowest BCUT2D eigenvalue weighted by Crippen LogP contribution is -2.15. The normalized spacial score (nSPS) is 12.2. The zero-order valence-electron chi connectivity index (χ0n) is 11.1. The highest BCUT2D eigenvalue weighted by Crippen LogP contribution is 2.36. The van der Waals surface area contributed by atoms with Gasteiger partial charge in [0.25, 0.3) is 0 Å². The van der Waals surface area contributed by atoms with Gasteiger partial charge < -0.3 is 10.1 Å². The van der Waals surface area contributed by atoms with Gasteiger partial charge in [-0.3, -0.25) is 0 Å². The molecule has 20 heavy (non-hydrogen) atoms. The number of rotatable bonds is 4. The van der Waals surface area contributed by atoms with E-state index in [4.69, 9.17) is 4.74 Å². The first-order valence-electron chi connectivity index (χ1n) is 6.11. The molecule has 0 amide bonds. The minimum Gasteiger partial charge on any atom is -0.456 e. The molecule has 0 saturated heterocycles. The summed E-state index contributed by atoms with van der Waals surface area (Å²) in [5.41, 5.74) is 0.518. The average Bonchev–Trinajstić information content (AvgIpc) is 2.41. The first-order valence-corrected chi connectivity index (χ1v) is 7.70. The van der Waals surface area contributed by atoms with E-state index in [1.165, 1.54) is 6.07 Å². The second kappa shape index (κ2) is 6.70. The number of ether oxygens (including phenoxy) is 1. The predicted octanol–water partition coefficient (Wildman–Crippen LogP) is 5.42. The lowest BCUT2D eigenvalue weighted by atomic mass is 10.1. The molecular formula is C15H14Br2FNO. The van der Waals surface area contributed by atoms with E-state index in [1.807, 2.05) is 25.1 Å². The Hall–Kier alpha value is -0.910. The van der Waals surface area contributed by atoms with Crippen molar-refractivity contribution in [2.45, 2.75) is 13.0 Å². The standard InChI is InChI=1S/C15H14Br2FNO/c1-9(19-2)15-12(18)4-3-5-14(15)20-13-7-6-10(16)8-11(13)17/h3-9,19H,1-2H3. The fourth-order valence-corrected chi connectivity index (χ4v) is 2.98. The van der Waals surface area contributed by atoms with Crippen LogP contribution in [0.15, 0.2) is 45.3 Å². The third kappa shape index (κ3) is 3.40. The van der Waals surface area contributed by atoms with E-state index in [2.05, 4.69) is 37.2 Å². The smallest absolute Gasteiger partial charge is 0.141 e. The number of benzene rings is 2. The van der Waals surface area contributed by atoms with Gasteiger partial charge in [-0.1, -0.05) is 22.0 Å². The maximum Gasteiger partial charge on any atom is 0.141 e. The van der Waals surface area contributed by atoms with Crippen molar-refractivity contribution in [3.8, 4) is 11.5 Å². The van der Waals surface area contributed by atoms with Crippen molar-refractivity contribution in [1.82, 2.24) is 5.32 Å². The first-order chi connectivity index (χ1) is 9.52. The molecule has 0 saturated carbocycles. The minimum absolute atomic E-state index is 0.138. The molecule has 106 valence electrons. The molecule has 0 fully saturated rings. The Morgan fingerprint density at radius 2 is 1.90 bits per heavy atom. The Bertz CT molecular complexity index is 619. The lowest BCUT2D eigenvalue weighted by Gasteiger charge is -2.17. The van der Waals surface area contributed by atoms with Crippen LogP contribution in [0.5, 0.6) is 11.5 Å². The molecule has 2 nitrogen and oxygen atoms in total. The maximum absolute atomic E-state index is 14.0. The molecule has 0 aromatic heterocycles. The zero-order chi connectivity index (χ0) is 14.7. The van der Waals surface area contributed by atoms with Gasteiger partial charge in [0.2, 0.25) is 0 Å². The molecule has 0 heterocycles. The van der Waals surface area contributed by atoms with E-state index in [0.29, 0.717) is 17.1 Å². The summed E-state index contributed by atoms with van der Waals surface area (Å²) in [5, 5.41) is 3.03. The summed E-state index contributed by atoms with van der Waals surface area (Å²) in [6, 6.07) is 10.3. The van der Waals surface area contributed by atoms with Crippen molar-refractivity contribution in [3.63, 3.8) is 0 Å². The Labute approximate surface area is 134 Å². The SMILES string of the molecule is CNC(C)c1c(F)cccc1Oc1ccc(Br)cc1Br. The highest BCUT2D eigenvalue weighted by molar-refractivity contribution is 9.11. The van der Waals surface area contributed by atoms with Crippen LogP contribution in [0.4, 0.5) is 4.39 Å². The predicted molar refractivity (Wildman–Crippen MR) is 85.8 cm³/mol. The topological polar surface area (TPSA) is 21.3 Å². The fraction of sp³-hybridized carbons (Fsp3) is 0.200. The van der Waals surface area contributed by atoms with Crippen molar-refractivity contribution in [2.24, 2.45) is 0 Å². The van der Waals surface area contributed by atoms with Crippen LogP contribution in [0.1, 0.15) is 18.5 Å². The third-order valence-electron chi connectivity index (χ3n) is 2.99. The summed E-state index contributed by atoms with van der Waals surface area (Å²) in [4.78, 5) is 0. The molecule has 0 spiro atoms. The molecule has 2 rings (SSSR count). The minimum atomic E-state index is -0.280. The largest absolute Gasteiger partial charge is 0.456 e. The summed E-state index contributed by atoms with van der Waals surface area (Å²) in [6.45, 7) is 1.89. The molecule has 0 aliphatic carbocycles. The van der Waals surface area contributed by atoms with Crippen LogP contribution in [0.3, 0.4) is 0 Å². The van der Waals surface area contributed by atoms with Gasteiger partial charge in [0.15, 0.2) is 0 Å². The molecule has 1 atom stereocenters. The Balaban J connectivity index is 2.40. The van der Waals surface area contributed by atoms with Crippen LogP contribution in [-0.2, 0) is 0 Å². The van der Waals surface area contributed by atoms with Crippen molar-refractivity contribution in [2.75, 3.05) is 7.05 Å². The van der Waals surface area contributed by atoms with E-state index in [-0.39, 0.29) is 11.9 Å². The second-order valence-corrected chi connectivity index (χ2v) is 6.11. The summed E-state index contributed by atoms with van der Waals surface area (Å²) in [5.74, 6) is 0.871. The zero-order valence-corrected chi connectivity index (χ0v) is 14.3. The molecule has 2 aromatic rings. The van der Waals surface area contributed by atoms with Crippen LogP contribution < -0.4 is 10.1 Å². The summed E-state index contributed by atoms with van der Waals surface area (Å²) >= 11 is 6.82. The number of nitrogens with one attached hydrogen (secondary N) is 1. The Morgan fingerprint density at radius 3 is 2.55 bits per heavy atom. The fourth-order valence-electron chi connectivity index (χ4n) is 1.85. The number of hydrogen-bond acceptors (Lipinski definition) is 2. The van der Waals surface area contributed by atoms with Gasteiger partial charge in [-0.25, -0.2) is 4.39 Å². The van der Waals surface area contributed by atoms with Crippen molar-refractivity contribution in [1.29, 1.82) is 0 Å². The van der Waals surface area contributed by atoms with E-state index < -0.39 is 0 Å². The Morgan fingerprint density at radius 1 is 1.15 bits per heavy atom. The van der Waals surface area contributed by atoms with Gasteiger partial charge in [-0.05, 0) is 60.2 Å². The molecule has 0 aliphatic heterocycles. The van der Waals surface area contributed by atoms with E-state index in [1.54, 1.807) is 19.2 Å². The highest BCUT2D eigenvalue weighted by Gasteiger charge is 2.16. The average molecular weight is 403 g/mol. The van der Waals surface area contributed by atoms with Gasteiger partial charge in [0, 0.05) is 16.1 Å². The van der Waals surface area contributed by atoms with Crippen LogP contribution in [0.2, 0.25) is 0 Å². The van der Waals surface area contributed by atoms with Gasteiger partial charge in [0.05, 0.1) is 4.47 Å². The molecule has 2 aromatic carbocycles. The number of halogens is 3. The maximum atomic E-state index is 14.0. The molecule has 1 N–H and O–H groups in total. The van der Waals surface area contributed by atoms with Crippen molar-refractivity contribution >= 4 is 31.9 Å². The highest BCUT2D eigenvalue weighted by atomic mass is 79.9. The molecule has 0 aliphatic rings. The van der Waals surface area contributed by atoms with Gasteiger partial charge in [-0.2, -0.15) is 0 Å². The molecule has 5 heteroatoms. The summed E-state index contributed by atoms with van der Waals surface area (Å²) < 4.78 is 21.6. The van der Waals surface area contributed by atoms with E-state index in [9.17, 15) is 4.39 Å². The van der Waals surface area contributed by atoms with Gasteiger partial charge in [0.1, 0.15) is 17.3 Å². The van der Waals surface area contributed by atoms with E-state index >= 15 is 0 Å².